The van der Waals surface area contributed by atoms with E-state index >= 15 is 0 Å². The fraction of sp³-hybridized carbons (Fsp3) is 0.667. The van der Waals surface area contributed by atoms with Crippen LogP contribution in [0.15, 0.2) is 12.2 Å². The monoisotopic (exact) mass is 234 g/mol. The van der Waals surface area contributed by atoms with E-state index in [1.54, 1.807) is 0 Å². The molecule has 0 saturated carbocycles. The van der Waals surface area contributed by atoms with E-state index in [1.165, 1.54) is 11.8 Å². The molecule has 0 heterocycles. The zero-order valence-electron chi connectivity index (χ0n) is 8.85. The Morgan fingerprint density at radius 3 is 2.38 bits per heavy atom. The van der Waals surface area contributed by atoms with E-state index < -0.39 is 8.07 Å². The van der Waals surface area contributed by atoms with Crippen molar-refractivity contribution in [3.63, 3.8) is 0 Å². The van der Waals surface area contributed by atoms with Crippen LogP contribution in [0, 0.1) is 0 Å². The molecule has 13 heavy (non-hydrogen) atoms. The molecule has 4 heteroatoms. The smallest absolute Gasteiger partial charge is 0.220 e. The summed E-state index contributed by atoms with van der Waals surface area (Å²) in [5, 5.41) is 0. The van der Waals surface area contributed by atoms with Gasteiger partial charge in [-0.3, -0.25) is 0 Å². The summed E-state index contributed by atoms with van der Waals surface area (Å²) in [7, 11) is -1.03. The molecule has 0 aromatic heterocycles. The SMILES string of the molecule is C=C(COC(=S)SC)C[Si](C)(C)C. The fourth-order valence-electron chi connectivity index (χ4n) is 1.02. The molecule has 0 unspecified atom stereocenters. The van der Waals surface area contributed by atoms with Crippen molar-refractivity contribution in [2.24, 2.45) is 0 Å². The molecule has 0 aliphatic heterocycles. The van der Waals surface area contributed by atoms with Crippen molar-refractivity contribution in [1.82, 2.24) is 0 Å². The highest BCUT2D eigenvalue weighted by Gasteiger charge is 2.14. The lowest BCUT2D eigenvalue weighted by atomic mass is 10.4. The Labute approximate surface area is 91.9 Å². The second-order valence-corrected chi connectivity index (χ2v) is 11.1. The normalized spacial score (nSPS) is 11.1. The number of thiocarbonyl (C=S) groups is 1. The van der Waals surface area contributed by atoms with Gasteiger partial charge in [-0.05, 0) is 30.1 Å². The first-order chi connectivity index (χ1) is 5.85. The molecule has 0 radical (unpaired) electrons. The molecule has 0 saturated heterocycles. The summed E-state index contributed by atoms with van der Waals surface area (Å²) < 4.78 is 5.92. The summed E-state index contributed by atoms with van der Waals surface area (Å²) in [4.78, 5) is 0. The van der Waals surface area contributed by atoms with Gasteiger partial charge in [0.1, 0.15) is 6.61 Å². The van der Waals surface area contributed by atoms with Crippen LogP contribution in [-0.2, 0) is 4.74 Å². The summed E-state index contributed by atoms with van der Waals surface area (Å²) in [5.41, 5.74) is 1.16. The molecular formula is C9H18OS2Si. The average molecular weight is 234 g/mol. The van der Waals surface area contributed by atoms with Crippen LogP contribution in [0.25, 0.3) is 0 Å². The summed E-state index contributed by atoms with van der Waals surface area (Å²) >= 11 is 6.39. The molecular weight excluding hydrogens is 216 g/mol. The minimum atomic E-state index is -1.03. The van der Waals surface area contributed by atoms with E-state index in [-0.39, 0.29) is 0 Å². The van der Waals surface area contributed by atoms with E-state index in [0.717, 1.165) is 11.6 Å². The first kappa shape index (κ1) is 13.2. The highest BCUT2D eigenvalue weighted by Crippen LogP contribution is 2.15. The minimum absolute atomic E-state index is 0.587. The third-order valence-electron chi connectivity index (χ3n) is 1.34. The molecule has 0 bridgehead atoms. The lowest BCUT2D eigenvalue weighted by Crippen LogP contribution is -2.21. The summed E-state index contributed by atoms with van der Waals surface area (Å²) in [6.07, 6.45) is 1.92. The van der Waals surface area contributed by atoms with Crippen LogP contribution < -0.4 is 0 Å². The lowest BCUT2D eigenvalue weighted by Gasteiger charge is -2.17. The maximum Gasteiger partial charge on any atom is 0.220 e. The standard InChI is InChI=1S/C9H18OS2Si/c1-8(7-13(3,4)5)6-10-9(11)12-2/h1,6-7H2,2-5H3. The van der Waals surface area contributed by atoms with E-state index in [2.05, 4.69) is 26.2 Å². The molecule has 0 N–H and O–H groups in total. The Kier molecular flexibility index (Phi) is 5.92. The van der Waals surface area contributed by atoms with Crippen molar-refractivity contribution in [2.75, 3.05) is 12.9 Å². The number of thioether (sulfide) groups is 1. The highest BCUT2D eigenvalue weighted by atomic mass is 32.2. The third kappa shape index (κ3) is 8.52. The maximum absolute atomic E-state index is 5.32. The van der Waals surface area contributed by atoms with E-state index in [4.69, 9.17) is 17.0 Å². The molecule has 0 aromatic carbocycles. The second kappa shape index (κ2) is 5.83. The first-order valence-corrected chi connectivity index (χ1v) is 9.56. The molecule has 0 aromatic rings. The van der Waals surface area contributed by atoms with Crippen LogP contribution in [0.1, 0.15) is 0 Å². The average Bonchev–Trinajstić information content (AvgIpc) is 1.97. The molecule has 0 spiro atoms. The van der Waals surface area contributed by atoms with Crippen LogP contribution >= 0.6 is 24.0 Å². The fourth-order valence-corrected chi connectivity index (χ4v) is 2.86. The lowest BCUT2D eigenvalue weighted by molar-refractivity contribution is 0.359. The van der Waals surface area contributed by atoms with Crippen molar-refractivity contribution in [3.8, 4) is 0 Å². The van der Waals surface area contributed by atoms with Crippen molar-refractivity contribution in [3.05, 3.63) is 12.2 Å². The third-order valence-corrected chi connectivity index (χ3v) is 3.97. The predicted molar refractivity (Wildman–Crippen MR) is 69.4 cm³/mol. The van der Waals surface area contributed by atoms with Gasteiger partial charge in [-0.15, -0.1) is 0 Å². The number of ether oxygens (including phenoxy) is 1. The van der Waals surface area contributed by atoms with Crippen LogP contribution in [0.3, 0.4) is 0 Å². The highest BCUT2D eigenvalue weighted by molar-refractivity contribution is 8.22. The maximum atomic E-state index is 5.32. The van der Waals surface area contributed by atoms with Gasteiger partial charge < -0.3 is 4.74 Å². The largest absolute Gasteiger partial charge is 0.474 e. The number of rotatable bonds is 4. The molecule has 0 aliphatic rings. The summed E-state index contributed by atoms with van der Waals surface area (Å²) in [5.74, 6) is 0. The molecule has 1 nitrogen and oxygen atoms in total. The van der Waals surface area contributed by atoms with Crippen molar-refractivity contribution in [1.29, 1.82) is 0 Å². The Morgan fingerprint density at radius 2 is 2.00 bits per heavy atom. The second-order valence-electron chi connectivity index (χ2n) is 4.23. The quantitative estimate of drug-likeness (QED) is 0.418. The van der Waals surface area contributed by atoms with E-state index in [0.29, 0.717) is 11.0 Å². The molecule has 0 aliphatic carbocycles. The van der Waals surface area contributed by atoms with Gasteiger partial charge in [0.25, 0.3) is 0 Å². The van der Waals surface area contributed by atoms with Gasteiger partial charge in [-0.1, -0.05) is 38.0 Å². The van der Waals surface area contributed by atoms with Gasteiger partial charge in [-0.2, -0.15) is 0 Å². The van der Waals surface area contributed by atoms with Crippen molar-refractivity contribution < 1.29 is 4.74 Å². The zero-order chi connectivity index (χ0) is 10.5. The summed E-state index contributed by atoms with van der Waals surface area (Å²) in [6.45, 7) is 11.5. The number of hydrogen-bond acceptors (Lipinski definition) is 3. The predicted octanol–water partition coefficient (Wildman–Crippen LogP) is 3.55. The molecule has 0 fully saturated rings. The van der Waals surface area contributed by atoms with Gasteiger partial charge in [0, 0.05) is 8.07 Å². The molecule has 0 amide bonds. The van der Waals surface area contributed by atoms with Crippen molar-refractivity contribution in [2.45, 2.75) is 25.7 Å². The zero-order valence-corrected chi connectivity index (χ0v) is 11.5. The van der Waals surface area contributed by atoms with Crippen molar-refractivity contribution >= 4 is 36.4 Å². The molecule has 0 atom stereocenters. The topological polar surface area (TPSA) is 9.23 Å². The van der Waals surface area contributed by atoms with Crippen LogP contribution in [-0.4, -0.2) is 25.3 Å². The van der Waals surface area contributed by atoms with Gasteiger partial charge in [0.2, 0.25) is 4.38 Å². The van der Waals surface area contributed by atoms with E-state index in [1.807, 2.05) is 6.26 Å². The van der Waals surface area contributed by atoms with Crippen LogP contribution in [0.4, 0.5) is 0 Å². The summed E-state index contributed by atoms with van der Waals surface area (Å²) in [6, 6.07) is 1.12. The van der Waals surface area contributed by atoms with Gasteiger partial charge in [0.15, 0.2) is 0 Å². The van der Waals surface area contributed by atoms with Gasteiger partial charge >= 0.3 is 0 Å². The van der Waals surface area contributed by atoms with Gasteiger partial charge in [0.05, 0.1) is 0 Å². The Balaban J connectivity index is 3.71. The Bertz CT molecular complexity index is 196. The van der Waals surface area contributed by atoms with E-state index in [9.17, 15) is 0 Å². The minimum Gasteiger partial charge on any atom is -0.474 e. The van der Waals surface area contributed by atoms with Gasteiger partial charge in [-0.25, -0.2) is 0 Å². The number of hydrogen-bond donors (Lipinski definition) is 0. The molecule has 76 valence electrons. The molecule has 0 rings (SSSR count). The van der Waals surface area contributed by atoms with Crippen LogP contribution in [0.5, 0.6) is 0 Å². The first-order valence-electron chi connectivity index (χ1n) is 4.22. The van der Waals surface area contributed by atoms with Crippen LogP contribution in [0.2, 0.25) is 25.7 Å². The Morgan fingerprint density at radius 1 is 1.46 bits per heavy atom. The Hall–Kier alpha value is 0.197.